The third-order valence-corrected chi connectivity index (χ3v) is 3.50. The van der Waals surface area contributed by atoms with Crippen molar-refractivity contribution in [1.29, 1.82) is 0 Å². The second-order valence-electron chi connectivity index (χ2n) is 4.07. The Morgan fingerprint density at radius 2 is 1.21 bits per heavy atom. The standard InChI is InChI=1S/C12H28N.BrH/c1-5-9-10-11-12-13(6-2,7-3)8-4;/h5-12H2,1-4H3;1H/q+1;/p-1. The monoisotopic (exact) mass is 265 g/mol. The van der Waals surface area contributed by atoms with Gasteiger partial charge >= 0.3 is 0 Å². The molecule has 0 heterocycles. The van der Waals surface area contributed by atoms with E-state index in [2.05, 4.69) is 27.7 Å². The quantitative estimate of drug-likeness (QED) is 0.442. The molecule has 0 spiro atoms. The molecule has 0 atom stereocenters. The van der Waals surface area contributed by atoms with Gasteiger partial charge in [0.25, 0.3) is 0 Å². The lowest BCUT2D eigenvalue weighted by Crippen LogP contribution is -3.00. The number of hydrogen-bond acceptors (Lipinski definition) is 0. The number of hydrogen-bond donors (Lipinski definition) is 0. The topological polar surface area (TPSA) is 0 Å². The van der Waals surface area contributed by atoms with Gasteiger partial charge in [-0.15, -0.1) is 0 Å². The molecule has 2 heteroatoms. The first-order valence-electron chi connectivity index (χ1n) is 6.09. The van der Waals surface area contributed by atoms with E-state index < -0.39 is 0 Å². The van der Waals surface area contributed by atoms with Crippen molar-refractivity contribution in [2.45, 2.75) is 53.4 Å². The highest BCUT2D eigenvalue weighted by Crippen LogP contribution is 2.10. The van der Waals surface area contributed by atoms with E-state index in [0.29, 0.717) is 0 Å². The van der Waals surface area contributed by atoms with Crippen LogP contribution in [0.5, 0.6) is 0 Å². The van der Waals surface area contributed by atoms with Crippen LogP contribution in [0, 0.1) is 0 Å². The molecule has 0 aliphatic heterocycles. The van der Waals surface area contributed by atoms with Gasteiger partial charge in [-0.25, -0.2) is 0 Å². The summed E-state index contributed by atoms with van der Waals surface area (Å²) in [6, 6.07) is 0. The van der Waals surface area contributed by atoms with Gasteiger partial charge in [-0.2, -0.15) is 0 Å². The van der Waals surface area contributed by atoms with Gasteiger partial charge in [0.2, 0.25) is 0 Å². The Morgan fingerprint density at radius 1 is 0.714 bits per heavy atom. The SMILES string of the molecule is CCCCCC[N+](CC)(CC)CC.[Br-]. The van der Waals surface area contributed by atoms with Crippen LogP contribution in [0.1, 0.15) is 53.4 Å². The maximum absolute atomic E-state index is 2.33. The van der Waals surface area contributed by atoms with E-state index in [4.69, 9.17) is 0 Å². The first kappa shape index (κ1) is 16.9. The van der Waals surface area contributed by atoms with Gasteiger partial charge in [-0.05, 0) is 33.6 Å². The van der Waals surface area contributed by atoms with Crippen molar-refractivity contribution in [3.8, 4) is 0 Å². The highest BCUT2D eigenvalue weighted by atomic mass is 79.9. The molecule has 0 saturated heterocycles. The Kier molecular flexibility index (Phi) is 12.0. The van der Waals surface area contributed by atoms with E-state index in [0.717, 1.165) is 0 Å². The lowest BCUT2D eigenvalue weighted by atomic mass is 10.2. The molecular formula is C12H28BrN. The lowest BCUT2D eigenvalue weighted by molar-refractivity contribution is -0.923. The zero-order valence-corrected chi connectivity index (χ0v) is 12.1. The summed E-state index contributed by atoms with van der Waals surface area (Å²) in [5.74, 6) is 0. The summed E-state index contributed by atoms with van der Waals surface area (Å²) in [5, 5.41) is 0. The summed E-state index contributed by atoms with van der Waals surface area (Å²) in [6.45, 7) is 14.6. The molecule has 0 saturated carbocycles. The van der Waals surface area contributed by atoms with Crippen molar-refractivity contribution in [2.75, 3.05) is 26.2 Å². The number of quaternary nitrogens is 1. The maximum Gasteiger partial charge on any atom is 0.0786 e. The number of halogens is 1. The molecule has 0 aromatic rings. The largest absolute Gasteiger partial charge is 1.00 e. The Balaban J connectivity index is 0. The van der Waals surface area contributed by atoms with Gasteiger partial charge in [-0.3, -0.25) is 0 Å². The lowest BCUT2D eigenvalue weighted by Gasteiger charge is -2.35. The third-order valence-electron chi connectivity index (χ3n) is 3.50. The van der Waals surface area contributed by atoms with Crippen LogP contribution in [0.2, 0.25) is 0 Å². The Labute approximate surface area is 101 Å². The summed E-state index contributed by atoms with van der Waals surface area (Å²) in [6.07, 6.45) is 5.61. The molecule has 0 unspecified atom stereocenters. The van der Waals surface area contributed by atoms with E-state index >= 15 is 0 Å². The fourth-order valence-electron chi connectivity index (χ4n) is 2.02. The van der Waals surface area contributed by atoms with Crippen LogP contribution >= 0.6 is 0 Å². The van der Waals surface area contributed by atoms with E-state index in [1.807, 2.05) is 0 Å². The summed E-state index contributed by atoms with van der Waals surface area (Å²) in [5.41, 5.74) is 0. The van der Waals surface area contributed by atoms with Crippen molar-refractivity contribution >= 4 is 0 Å². The van der Waals surface area contributed by atoms with Crippen molar-refractivity contribution in [1.82, 2.24) is 0 Å². The van der Waals surface area contributed by atoms with Gasteiger partial charge in [0.1, 0.15) is 0 Å². The second kappa shape index (κ2) is 9.97. The normalized spacial score (nSPS) is 11.1. The maximum atomic E-state index is 2.33. The molecule has 0 aliphatic carbocycles. The van der Waals surface area contributed by atoms with E-state index in [9.17, 15) is 0 Å². The van der Waals surface area contributed by atoms with Crippen molar-refractivity contribution in [3.05, 3.63) is 0 Å². The van der Waals surface area contributed by atoms with Gasteiger partial charge in [0.15, 0.2) is 0 Å². The minimum absolute atomic E-state index is 0. The average Bonchev–Trinajstić information content (AvgIpc) is 2.20. The minimum atomic E-state index is 0. The summed E-state index contributed by atoms with van der Waals surface area (Å²) in [4.78, 5) is 0. The Morgan fingerprint density at radius 3 is 1.57 bits per heavy atom. The van der Waals surface area contributed by atoms with Crippen LogP contribution in [0.15, 0.2) is 0 Å². The Hall–Kier alpha value is 0.440. The van der Waals surface area contributed by atoms with Crippen molar-refractivity contribution < 1.29 is 21.5 Å². The molecule has 0 fully saturated rings. The van der Waals surface area contributed by atoms with Crippen LogP contribution in [-0.4, -0.2) is 30.7 Å². The third kappa shape index (κ3) is 6.02. The predicted molar refractivity (Wildman–Crippen MR) is 60.9 cm³/mol. The van der Waals surface area contributed by atoms with Crippen molar-refractivity contribution in [2.24, 2.45) is 0 Å². The van der Waals surface area contributed by atoms with Crippen LogP contribution in [0.4, 0.5) is 0 Å². The number of unbranched alkanes of at least 4 members (excludes halogenated alkanes) is 3. The molecule has 88 valence electrons. The zero-order valence-electron chi connectivity index (χ0n) is 10.5. The average molecular weight is 266 g/mol. The molecule has 14 heavy (non-hydrogen) atoms. The van der Waals surface area contributed by atoms with Crippen LogP contribution in [0.3, 0.4) is 0 Å². The van der Waals surface area contributed by atoms with Gasteiger partial charge in [-0.1, -0.05) is 19.8 Å². The van der Waals surface area contributed by atoms with Gasteiger partial charge < -0.3 is 21.5 Å². The van der Waals surface area contributed by atoms with Gasteiger partial charge in [0.05, 0.1) is 26.2 Å². The van der Waals surface area contributed by atoms with E-state index in [-0.39, 0.29) is 17.0 Å². The van der Waals surface area contributed by atoms with E-state index in [1.54, 1.807) is 0 Å². The zero-order chi connectivity index (χ0) is 10.2. The van der Waals surface area contributed by atoms with Crippen LogP contribution in [-0.2, 0) is 0 Å². The fraction of sp³-hybridized carbons (Fsp3) is 1.00. The Bertz CT molecular complexity index is 103. The molecule has 0 aliphatic rings. The highest BCUT2D eigenvalue weighted by Gasteiger charge is 2.19. The first-order chi connectivity index (χ1) is 6.24. The summed E-state index contributed by atoms with van der Waals surface area (Å²) < 4.78 is 1.32. The smallest absolute Gasteiger partial charge is 0.0786 e. The predicted octanol–water partition coefficient (Wildman–Crippen LogP) is 0.447. The molecule has 0 aromatic carbocycles. The van der Waals surface area contributed by atoms with Crippen LogP contribution < -0.4 is 17.0 Å². The molecule has 0 amide bonds. The highest BCUT2D eigenvalue weighted by molar-refractivity contribution is 4.43. The molecular weight excluding hydrogens is 238 g/mol. The van der Waals surface area contributed by atoms with E-state index in [1.165, 1.54) is 56.3 Å². The van der Waals surface area contributed by atoms with Gasteiger partial charge in [0, 0.05) is 0 Å². The molecule has 0 radical (unpaired) electrons. The molecule has 0 bridgehead atoms. The number of nitrogens with zero attached hydrogens (tertiary/aromatic N) is 1. The summed E-state index contributed by atoms with van der Waals surface area (Å²) >= 11 is 0. The molecule has 0 aromatic heterocycles. The van der Waals surface area contributed by atoms with Crippen molar-refractivity contribution in [3.63, 3.8) is 0 Å². The van der Waals surface area contributed by atoms with Crippen LogP contribution in [0.25, 0.3) is 0 Å². The minimum Gasteiger partial charge on any atom is -1.00 e. The summed E-state index contributed by atoms with van der Waals surface area (Å²) in [7, 11) is 0. The second-order valence-corrected chi connectivity index (χ2v) is 4.07. The fourth-order valence-corrected chi connectivity index (χ4v) is 2.02. The number of rotatable bonds is 8. The first-order valence-corrected chi connectivity index (χ1v) is 6.09. The molecule has 0 rings (SSSR count). The molecule has 1 nitrogen and oxygen atoms in total. The molecule has 0 N–H and O–H groups in total.